The quantitative estimate of drug-likeness (QED) is 0.0425. The number of carboxylic acid groups (broad SMARTS) is 1. The van der Waals surface area contributed by atoms with Crippen molar-refractivity contribution < 1.29 is 39.2 Å². The van der Waals surface area contributed by atoms with Gasteiger partial charge < -0.3 is 61.2 Å². The van der Waals surface area contributed by atoms with Gasteiger partial charge in [-0.25, -0.2) is 14.2 Å². The predicted molar refractivity (Wildman–Crippen MR) is 279 cm³/mol. The Morgan fingerprint density at radius 2 is 1.22 bits per heavy atom. The highest BCUT2D eigenvalue weighted by atomic mass is 16.4. The minimum atomic E-state index is -1.24. The molecule has 1 aliphatic carbocycles. The number of aromatic hydroxyl groups is 1. The van der Waals surface area contributed by atoms with Crippen LogP contribution in [0.1, 0.15) is 73.4 Å². The number of carbonyl (C=O) groups excluding carboxylic acids is 2. The third-order valence-corrected chi connectivity index (χ3v) is 13.7. The van der Waals surface area contributed by atoms with Gasteiger partial charge in [0.1, 0.15) is 17.1 Å². The number of amides is 2. The maximum absolute atomic E-state index is 14.1. The average molecular weight is 1040 g/mol. The van der Waals surface area contributed by atoms with Crippen LogP contribution < -0.4 is 32.0 Å². The lowest BCUT2D eigenvalue weighted by atomic mass is 9.90. The first-order chi connectivity index (χ1) is 36.7. The molecule has 2 fully saturated rings. The Kier molecular flexibility index (Phi) is 16.1. The van der Waals surface area contributed by atoms with Gasteiger partial charge >= 0.3 is 5.97 Å². The number of hydrogen-bond acceptors (Lipinski definition) is 20. The lowest BCUT2D eigenvalue weighted by Crippen LogP contribution is -2.53. The van der Waals surface area contributed by atoms with Gasteiger partial charge in [0, 0.05) is 99.1 Å². The summed E-state index contributed by atoms with van der Waals surface area (Å²) in [7, 11) is 0. The summed E-state index contributed by atoms with van der Waals surface area (Å²) in [5, 5.41) is 63.3. The number of aliphatic hydroxyl groups is 2. The fraction of sp³-hybridized carbons (Fsp3) is 0.431. The number of aromatic carboxylic acids is 1. The molecule has 25 nitrogen and oxygen atoms in total. The number of fused-ring (bicyclic) bond motifs is 2. The van der Waals surface area contributed by atoms with E-state index in [2.05, 4.69) is 25.9 Å². The van der Waals surface area contributed by atoms with Gasteiger partial charge in [0.2, 0.25) is 29.7 Å². The van der Waals surface area contributed by atoms with Crippen molar-refractivity contribution in [2.24, 2.45) is 11.5 Å². The molecule has 9 N–H and O–H groups in total. The number of hydrogen-bond donors (Lipinski definition) is 7. The van der Waals surface area contributed by atoms with Crippen LogP contribution in [0.2, 0.25) is 0 Å². The molecule has 4 aliphatic rings. The summed E-state index contributed by atoms with van der Waals surface area (Å²) in [5.74, 6) is -1.12. The topological polar surface area (TPSA) is 339 Å². The van der Waals surface area contributed by atoms with E-state index in [0.29, 0.717) is 91.3 Å². The van der Waals surface area contributed by atoms with Gasteiger partial charge in [0.15, 0.2) is 17.5 Å². The molecule has 25 heteroatoms. The first-order valence-corrected chi connectivity index (χ1v) is 25.4. The molecule has 76 heavy (non-hydrogen) atoms. The van der Waals surface area contributed by atoms with E-state index in [1.807, 2.05) is 9.80 Å². The van der Waals surface area contributed by atoms with Gasteiger partial charge in [-0.05, 0) is 107 Å². The number of rotatable bonds is 20. The van der Waals surface area contributed by atoms with Crippen molar-refractivity contribution in [1.29, 1.82) is 0 Å². The molecule has 0 spiro atoms. The summed E-state index contributed by atoms with van der Waals surface area (Å²) in [5.41, 5.74) is 14.2. The summed E-state index contributed by atoms with van der Waals surface area (Å²) < 4.78 is 8.84. The second-order valence-corrected chi connectivity index (χ2v) is 19.1. The number of benzene rings is 3. The molecular formula is C51H62N16O9. The summed E-state index contributed by atoms with van der Waals surface area (Å²) in [6, 6.07) is 11.5. The number of phenolic OH excluding ortho intramolecular Hbond substituents is 1. The number of phenols is 1. The standard InChI is InChI=1S/C51H62N16O9/c1-30(68)44(66-28-33(58-60-66)7-3-5-15-52)46(72)62-17-21-64(22-18-62)50-55-49(56-51(57-50)65-23-19-63(20-24-65)47(73)45(31(2)69)67-29-34(59-61-67)8-4-6-16-53)54-32-9-12-37(40(25-32)48(74)75)43-38-13-10-35(70)26-41(38)76-42-27-36(71)11-14-39(42)43/h9-14,25-31,44-45,68-70H,3-8,15-24,52-53H2,1-2H3,(H,74,75)(H,54,55,56,57)/t30-,31?,44+,45+/m1/s1. The number of aryl methyl sites for hydroxylation is 2. The molecule has 3 aliphatic heterocycles. The van der Waals surface area contributed by atoms with Crippen LogP contribution in [-0.2, 0) is 22.4 Å². The summed E-state index contributed by atoms with van der Waals surface area (Å²) in [4.78, 5) is 75.4. The molecular weight excluding hydrogens is 981 g/mol. The molecule has 0 radical (unpaired) electrons. The Morgan fingerprint density at radius 3 is 1.74 bits per heavy atom. The highest BCUT2D eigenvalue weighted by Crippen LogP contribution is 2.42. The molecule has 400 valence electrons. The number of aromatic nitrogens is 9. The van der Waals surface area contributed by atoms with Crippen molar-refractivity contribution in [2.45, 2.75) is 76.7 Å². The van der Waals surface area contributed by atoms with E-state index in [4.69, 9.17) is 30.8 Å². The maximum Gasteiger partial charge on any atom is 0.336 e. The molecule has 2 aromatic carbocycles. The van der Waals surface area contributed by atoms with Crippen molar-refractivity contribution in [2.75, 3.05) is 80.6 Å². The number of anilines is 4. The first-order valence-electron chi connectivity index (χ1n) is 25.4. The second kappa shape index (κ2) is 23.2. The molecule has 3 aromatic heterocycles. The Bertz CT molecular complexity index is 3110. The number of aliphatic hydroxyl groups excluding tert-OH is 2. The van der Waals surface area contributed by atoms with E-state index in [9.17, 15) is 39.6 Å². The minimum absolute atomic E-state index is 0.0760. The molecule has 2 saturated heterocycles. The summed E-state index contributed by atoms with van der Waals surface area (Å²) >= 11 is 0. The largest absolute Gasteiger partial charge is 0.508 e. The van der Waals surface area contributed by atoms with E-state index < -0.39 is 30.3 Å². The van der Waals surface area contributed by atoms with Gasteiger partial charge in [-0.2, -0.15) is 15.0 Å². The average Bonchev–Trinajstić information content (AvgIpc) is 4.13. The van der Waals surface area contributed by atoms with Crippen LogP contribution in [0.15, 0.2) is 76.2 Å². The number of nitrogens with zero attached hydrogens (tertiary/aromatic N) is 13. The zero-order valence-corrected chi connectivity index (χ0v) is 42.3. The van der Waals surface area contributed by atoms with Crippen molar-refractivity contribution in [3.8, 4) is 28.2 Å². The van der Waals surface area contributed by atoms with Crippen LogP contribution >= 0.6 is 0 Å². The molecule has 0 bridgehead atoms. The zero-order valence-electron chi connectivity index (χ0n) is 42.3. The van der Waals surface area contributed by atoms with Crippen molar-refractivity contribution >= 4 is 52.3 Å². The van der Waals surface area contributed by atoms with Gasteiger partial charge in [0.05, 0.1) is 29.2 Å². The third kappa shape index (κ3) is 11.6. The van der Waals surface area contributed by atoms with E-state index in [-0.39, 0.29) is 83.9 Å². The summed E-state index contributed by atoms with van der Waals surface area (Å²) in [6.07, 6.45) is 5.81. The maximum atomic E-state index is 14.1. The van der Waals surface area contributed by atoms with E-state index in [1.165, 1.54) is 39.7 Å². The lowest BCUT2D eigenvalue weighted by molar-refractivity contribution is -0.139. The fourth-order valence-corrected chi connectivity index (χ4v) is 9.73. The van der Waals surface area contributed by atoms with Crippen molar-refractivity contribution in [1.82, 2.24) is 54.7 Å². The zero-order chi connectivity index (χ0) is 53.6. The molecule has 6 heterocycles. The lowest BCUT2D eigenvalue weighted by Gasteiger charge is -2.38. The van der Waals surface area contributed by atoms with E-state index in [1.54, 1.807) is 60.3 Å². The van der Waals surface area contributed by atoms with Crippen LogP contribution in [0.3, 0.4) is 0 Å². The van der Waals surface area contributed by atoms with Crippen LogP contribution in [0.25, 0.3) is 33.4 Å². The Morgan fingerprint density at radius 1 is 0.684 bits per heavy atom. The second-order valence-electron chi connectivity index (χ2n) is 19.1. The normalized spacial score (nSPS) is 15.8. The van der Waals surface area contributed by atoms with E-state index >= 15 is 0 Å². The van der Waals surface area contributed by atoms with Gasteiger partial charge in [0.25, 0.3) is 0 Å². The third-order valence-electron chi connectivity index (χ3n) is 13.7. The number of nitrogens with one attached hydrogen (secondary N) is 1. The van der Waals surface area contributed by atoms with Crippen LogP contribution in [0.5, 0.6) is 5.75 Å². The molecule has 4 atom stereocenters. The van der Waals surface area contributed by atoms with Crippen LogP contribution in [0, 0.1) is 0 Å². The van der Waals surface area contributed by atoms with Crippen LogP contribution in [0.4, 0.5) is 23.5 Å². The number of carboxylic acids is 1. The monoisotopic (exact) mass is 1040 g/mol. The van der Waals surface area contributed by atoms with Gasteiger partial charge in [-0.1, -0.05) is 16.5 Å². The highest BCUT2D eigenvalue weighted by Gasteiger charge is 2.36. The van der Waals surface area contributed by atoms with Crippen LogP contribution in [-0.4, -0.2) is 171 Å². The van der Waals surface area contributed by atoms with Crippen molar-refractivity contribution in [3.05, 3.63) is 94.2 Å². The fourth-order valence-electron chi connectivity index (χ4n) is 9.73. The highest BCUT2D eigenvalue weighted by molar-refractivity contribution is 6.08. The molecule has 0 saturated carbocycles. The number of piperazine rings is 2. The molecule has 5 aromatic rings. The van der Waals surface area contributed by atoms with Crippen molar-refractivity contribution in [3.63, 3.8) is 0 Å². The van der Waals surface area contributed by atoms with E-state index in [0.717, 1.165) is 25.7 Å². The number of carbonyl (C=O) groups is 3. The van der Waals surface area contributed by atoms with Gasteiger partial charge in [-0.15, -0.1) is 10.2 Å². The predicted octanol–water partition coefficient (Wildman–Crippen LogP) is 2.18. The Hall–Kier alpha value is -8.13. The smallest absolute Gasteiger partial charge is 0.336 e. The minimum Gasteiger partial charge on any atom is -0.508 e. The number of nitrogens with two attached hydrogens (primary N) is 2. The Labute approximate surface area is 436 Å². The summed E-state index contributed by atoms with van der Waals surface area (Å²) in [6.45, 7) is 6.43. The Balaban J connectivity index is 0.991. The molecule has 1 unspecified atom stereocenters. The first kappa shape index (κ1) is 52.7. The molecule has 9 rings (SSSR count). The number of unbranched alkanes of at least 4 members (excludes halogenated alkanes) is 2. The SMILES string of the molecule is CC(O)[C@@H](C(=O)N1CCN(c2nc(Nc3ccc(-c4c5ccc(=O)cc-5oc5cc(O)ccc45)c(C(=O)O)c3)nc(N3CCN(C(=O)[C@H]([C@@H](C)O)n4cc(CCCCN)nn4)CC3)n2)CC1)n1cc(CCCCN)nn1. The molecule has 2 amide bonds. The van der Waals surface area contributed by atoms with Gasteiger partial charge in [-0.3, -0.25) is 14.4 Å².